The van der Waals surface area contributed by atoms with E-state index in [9.17, 15) is 4.39 Å². The Morgan fingerprint density at radius 1 is 1.19 bits per heavy atom. The lowest BCUT2D eigenvalue weighted by molar-refractivity contribution is 0.626. The van der Waals surface area contributed by atoms with Crippen molar-refractivity contribution in [3.05, 3.63) is 59.5 Å². The Bertz CT molecular complexity index is 599. The molecule has 1 heterocycles. The van der Waals surface area contributed by atoms with Gasteiger partial charge >= 0.3 is 0 Å². The average molecular weight is 303 g/mol. The van der Waals surface area contributed by atoms with Gasteiger partial charge in [0.2, 0.25) is 0 Å². The molecule has 1 aromatic heterocycles. The number of hydrogen-bond acceptors (Lipinski definition) is 2. The van der Waals surface area contributed by atoms with Crippen molar-refractivity contribution in [3.8, 4) is 0 Å². The van der Waals surface area contributed by atoms with Crippen molar-refractivity contribution in [3.63, 3.8) is 0 Å². The summed E-state index contributed by atoms with van der Waals surface area (Å²) in [7, 11) is 0. The molecule has 0 fully saturated rings. The summed E-state index contributed by atoms with van der Waals surface area (Å²) < 4.78 is 12.8. The highest BCUT2D eigenvalue weighted by Gasteiger charge is 1.99. The maximum Gasteiger partial charge on any atom is 0.171 e. The van der Waals surface area contributed by atoms with Crippen molar-refractivity contribution in [2.75, 3.05) is 11.9 Å². The molecular weight excluding hydrogens is 285 g/mol. The van der Waals surface area contributed by atoms with Gasteiger partial charge in [0.15, 0.2) is 5.11 Å². The number of aromatic nitrogens is 1. The Labute approximate surface area is 129 Å². The second-order valence-electron chi connectivity index (χ2n) is 4.78. The van der Waals surface area contributed by atoms with E-state index in [2.05, 4.69) is 15.6 Å². The van der Waals surface area contributed by atoms with Gasteiger partial charge in [-0.1, -0.05) is 18.2 Å². The van der Waals surface area contributed by atoms with Crippen LogP contribution in [0.2, 0.25) is 0 Å². The summed E-state index contributed by atoms with van der Waals surface area (Å²) >= 11 is 5.21. The zero-order valence-electron chi connectivity index (χ0n) is 11.9. The van der Waals surface area contributed by atoms with Crippen LogP contribution >= 0.6 is 12.2 Å². The first-order valence-electron chi connectivity index (χ1n) is 6.86. The van der Waals surface area contributed by atoms with Gasteiger partial charge in [-0.15, -0.1) is 0 Å². The van der Waals surface area contributed by atoms with E-state index in [0.29, 0.717) is 5.11 Å². The Hall–Kier alpha value is -2.01. The molecule has 0 spiro atoms. The molecule has 1 aromatic carbocycles. The third-order valence-corrected chi connectivity index (χ3v) is 3.22. The largest absolute Gasteiger partial charge is 0.362 e. The number of pyridine rings is 1. The number of aryl methyl sites for hydroxylation is 2. The molecule has 0 amide bonds. The summed E-state index contributed by atoms with van der Waals surface area (Å²) in [5.74, 6) is 0.541. The normalized spacial score (nSPS) is 10.2. The Morgan fingerprint density at radius 3 is 2.67 bits per heavy atom. The maximum absolute atomic E-state index is 12.8. The molecule has 21 heavy (non-hydrogen) atoms. The quantitative estimate of drug-likeness (QED) is 0.655. The van der Waals surface area contributed by atoms with E-state index < -0.39 is 0 Å². The fourth-order valence-electron chi connectivity index (χ4n) is 1.92. The molecular formula is C16H18FN3S. The SMILES string of the molecule is Cc1cccc(NC(=S)NCCCc2ccc(F)cc2)n1. The van der Waals surface area contributed by atoms with Crippen molar-refractivity contribution in [2.24, 2.45) is 0 Å². The van der Waals surface area contributed by atoms with E-state index in [4.69, 9.17) is 12.2 Å². The van der Waals surface area contributed by atoms with Gasteiger partial charge in [-0.2, -0.15) is 0 Å². The van der Waals surface area contributed by atoms with E-state index in [0.717, 1.165) is 36.5 Å². The van der Waals surface area contributed by atoms with Crippen molar-refractivity contribution < 1.29 is 4.39 Å². The van der Waals surface area contributed by atoms with Crippen LogP contribution in [0, 0.1) is 12.7 Å². The highest BCUT2D eigenvalue weighted by molar-refractivity contribution is 7.80. The maximum atomic E-state index is 12.8. The molecule has 0 aliphatic carbocycles. The zero-order valence-corrected chi connectivity index (χ0v) is 12.7. The summed E-state index contributed by atoms with van der Waals surface area (Å²) in [6.45, 7) is 2.69. The predicted octanol–water partition coefficient (Wildman–Crippen LogP) is 3.45. The van der Waals surface area contributed by atoms with Crippen molar-refractivity contribution >= 4 is 23.1 Å². The minimum absolute atomic E-state index is 0.201. The summed E-state index contributed by atoms with van der Waals surface area (Å²) in [6, 6.07) is 12.3. The number of nitrogens with one attached hydrogen (secondary N) is 2. The molecule has 0 aliphatic heterocycles. The molecule has 0 bridgehead atoms. The summed E-state index contributed by atoms with van der Waals surface area (Å²) in [4.78, 5) is 4.32. The number of rotatable bonds is 5. The second kappa shape index (κ2) is 7.69. The Kier molecular flexibility index (Phi) is 5.63. The van der Waals surface area contributed by atoms with Crippen LogP contribution in [-0.4, -0.2) is 16.6 Å². The van der Waals surface area contributed by atoms with Crippen molar-refractivity contribution in [2.45, 2.75) is 19.8 Å². The summed E-state index contributed by atoms with van der Waals surface area (Å²) in [5.41, 5.74) is 2.07. The van der Waals surface area contributed by atoms with Crippen LogP contribution < -0.4 is 10.6 Å². The first kappa shape index (κ1) is 15.4. The van der Waals surface area contributed by atoms with E-state index in [1.54, 1.807) is 0 Å². The molecule has 0 atom stereocenters. The van der Waals surface area contributed by atoms with Gasteiger partial charge in [0, 0.05) is 12.2 Å². The lowest BCUT2D eigenvalue weighted by Crippen LogP contribution is -2.29. The number of thiocarbonyl (C=S) groups is 1. The van der Waals surface area contributed by atoms with E-state index >= 15 is 0 Å². The van der Waals surface area contributed by atoms with Crippen molar-refractivity contribution in [1.82, 2.24) is 10.3 Å². The van der Waals surface area contributed by atoms with Crippen LogP contribution in [0.5, 0.6) is 0 Å². The van der Waals surface area contributed by atoms with E-state index in [1.807, 2.05) is 37.3 Å². The number of nitrogens with zero attached hydrogens (tertiary/aromatic N) is 1. The number of hydrogen-bond donors (Lipinski definition) is 2. The molecule has 110 valence electrons. The molecule has 0 saturated carbocycles. The van der Waals surface area contributed by atoms with Gasteiger partial charge in [-0.25, -0.2) is 9.37 Å². The van der Waals surface area contributed by atoms with Crippen molar-refractivity contribution in [1.29, 1.82) is 0 Å². The number of halogens is 1. The molecule has 0 radical (unpaired) electrons. The number of benzene rings is 1. The molecule has 3 nitrogen and oxygen atoms in total. The van der Waals surface area contributed by atoms with E-state index in [-0.39, 0.29) is 5.82 Å². The molecule has 2 aromatic rings. The molecule has 5 heteroatoms. The average Bonchev–Trinajstić information content (AvgIpc) is 2.45. The number of anilines is 1. The Morgan fingerprint density at radius 2 is 1.95 bits per heavy atom. The van der Waals surface area contributed by atoms with Gasteiger partial charge in [0.1, 0.15) is 11.6 Å². The van der Waals surface area contributed by atoms with Crippen LogP contribution in [0.25, 0.3) is 0 Å². The fraction of sp³-hybridized carbons (Fsp3) is 0.250. The van der Waals surface area contributed by atoms with Crippen LogP contribution in [0.3, 0.4) is 0 Å². The third kappa shape index (κ3) is 5.47. The van der Waals surface area contributed by atoms with Gasteiger partial charge < -0.3 is 10.6 Å². The molecule has 2 rings (SSSR count). The predicted molar refractivity (Wildman–Crippen MR) is 87.9 cm³/mol. The molecule has 0 aliphatic rings. The standard InChI is InChI=1S/C16H18FN3S/c1-12-4-2-6-15(19-12)20-16(21)18-11-3-5-13-7-9-14(17)10-8-13/h2,4,6-10H,3,5,11H2,1H3,(H2,18,19,20,21). The topological polar surface area (TPSA) is 37.0 Å². The first-order valence-corrected chi connectivity index (χ1v) is 7.27. The molecule has 0 unspecified atom stereocenters. The smallest absolute Gasteiger partial charge is 0.171 e. The van der Waals surface area contributed by atoms with Gasteiger partial charge in [-0.05, 0) is 61.8 Å². The van der Waals surface area contributed by atoms with Gasteiger partial charge in [-0.3, -0.25) is 0 Å². The van der Waals surface area contributed by atoms with Gasteiger partial charge in [0.25, 0.3) is 0 Å². The molecule has 0 saturated heterocycles. The highest BCUT2D eigenvalue weighted by Crippen LogP contribution is 2.05. The van der Waals surface area contributed by atoms with Crippen LogP contribution in [0.4, 0.5) is 10.2 Å². The Balaban J connectivity index is 1.68. The zero-order chi connectivity index (χ0) is 15.1. The lowest BCUT2D eigenvalue weighted by Gasteiger charge is -2.10. The highest BCUT2D eigenvalue weighted by atomic mass is 32.1. The van der Waals surface area contributed by atoms with Crippen LogP contribution in [-0.2, 0) is 6.42 Å². The minimum Gasteiger partial charge on any atom is -0.362 e. The fourth-order valence-corrected chi connectivity index (χ4v) is 2.13. The minimum atomic E-state index is -0.201. The first-order chi connectivity index (χ1) is 10.1. The second-order valence-corrected chi connectivity index (χ2v) is 5.18. The lowest BCUT2D eigenvalue weighted by atomic mass is 10.1. The van der Waals surface area contributed by atoms with Crippen LogP contribution in [0.15, 0.2) is 42.5 Å². The van der Waals surface area contributed by atoms with Crippen LogP contribution in [0.1, 0.15) is 17.7 Å². The van der Waals surface area contributed by atoms with E-state index in [1.165, 1.54) is 12.1 Å². The molecule has 2 N–H and O–H groups in total. The third-order valence-electron chi connectivity index (χ3n) is 2.97. The monoisotopic (exact) mass is 303 g/mol. The summed E-state index contributed by atoms with van der Waals surface area (Å²) in [5, 5.41) is 6.75. The van der Waals surface area contributed by atoms with Gasteiger partial charge in [0.05, 0.1) is 0 Å². The summed E-state index contributed by atoms with van der Waals surface area (Å²) in [6.07, 6.45) is 1.81.